The maximum absolute atomic E-state index is 12.9. The number of para-hydroxylation sites is 1. The molecule has 0 bridgehead atoms. The average molecular weight is 504 g/mol. The first-order chi connectivity index (χ1) is 16.9. The van der Waals surface area contributed by atoms with Gasteiger partial charge < -0.3 is 36.9 Å². The largest absolute Gasteiger partial charge is 0.480 e. The molecule has 0 radical (unpaired) electrons. The van der Waals surface area contributed by atoms with Crippen LogP contribution in [0.15, 0.2) is 30.5 Å². The lowest BCUT2D eigenvalue weighted by Crippen LogP contribution is -2.58. The van der Waals surface area contributed by atoms with E-state index in [0.717, 1.165) is 10.9 Å². The summed E-state index contributed by atoms with van der Waals surface area (Å²) < 4.78 is 0. The molecule has 11 heteroatoms. The van der Waals surface area contributed by atoms with Crippen LogP contribution in [-0.2, 0) is 25.6 Å². The van der Waals surface area contributed by atoms with Crippen LogP contribution in [-0.4, -0.2) is 69.7 Å². The second kappa shape index (κ2) is 13.0. The summed E-state index contributed by atoms with van der Waals surface area (Å²) in [6, 6.07) is 2.87. The monoisotopic (exact) mass is 503 g/mol. The second-order valence-electron chi connectivity index (χ2n) is 9.67. The van der Waals surface area contributed by atoms with Crippen molar-refractivity contribution in [2.75, 3.05) is 6.61 Å². The highest BCUT2D eigenvalue weighted by molar-refractivity contribution is 5.94. The van der Waals surface area contributed by atoms with E-state index in [1.165, 1.54) is 0 Å². The Morgan fingerprint density at radius 1 is 0.917 bits per heavy atom. The molecule has 8 N–H and O–H groups in total. The summed E-state index contributed by atoms with van der Waals surface area (Å²) in [6.45, 7) is 6.54. The molecule has 2 rings (SSSR count). The van der Waals surface area contributed by atoms with Crippen molar-refractivity contribution in [3.8, 4) is 0 Å². The van der Waals surface area contributed by atoms with Crippen LogP contribution in [0.3, 0.4) is 0 Å². The minimum Gasteiger partial charge on any atom is -0.480 e. The standard InChI is InChI=1S/C25H37N5O6/c1-13(2)9-18(28-24(34)21(26)14(3)4)22(32)30-20(12-31)23(33)29-19(25(35)36)10-15-11-27-17-8-6-5-7-16(15)17/h5-8,11,13-14,18-21,27,31H,9-10,12,26H2,1-4H3,(H,28,34)(H,29,33)(H,30,32)(H,35,36). The highest BCUT2D eigenvalue weighted by Gasteiger charge is 2.31. The number of hydrogen-bond donors (Lipinski definition) is 7. The smallest absolute Gasteiger partial charge is 0.326 e. The Morgan fingerprint density at radius 2 is 1.50 bits per heavy atom. The number of amides is 3. The fourth-order valence-corrected chi connectivity index (χ4v) is 3.73. The number of rotatable bonds is 13. The highest BCUT2D eigenvalue weighted by atomic mass is 16.4. The van der Waals surface area contributed by atoms with Crippen molar-refractivity contribution in [3.05, 3.63) is 36.0 Å². The zero-order valence-electron chi connectivity index (χ0n) is 21.1. The van der Waals surface area contributed by atoms with E-state index in [9.17, 15) is 29.4 Å². The van der Waals surface area contributed by atoms with E-state index in [2.05, 4.69) is 20.9 Å². The summed E-state index contributed by atoms with van der Waals surface area (Å²) >= 11 is 0. The second-order valence-corrected chi connectivity index (χ2v) is 9.67. The number of H-pyrrole nitrogens is 1. The summed E-state index contributed by atoms with van der Waals surface area (Å²) in [5, 5.41) is 27.7. The highest BCUT2D eigenvalue weighted by Crippen LogP contribution is 2.19. The van der Waals surface area contributed by atoms with E-state index in [4.69, 9.17) is 5.73 Å². The summed E-state index contributed by atoms with van der Waals surface area (Å²) in [4.78, 5) is 53.1. The topological polar surface area (TPSA) is 187 Å². The Bertz CT molecular complexity index is 1070. The number of fused-ring (bicyclic) bond motifs is 1. The first kappa shape index (κ1) is 28.8. The molecule has 0 saturated carbocycles. The SMILES string of the molecule is CC(C)CC(NC(=O)C(N)C(C)C)C(=O)NC(CO)C(=O)NC(Cc1c[nH]c2ccccc12)C(=O)O. The maximum Gasteiger partial charge on any atom is 0.326 e. The van der Waals surface area contributed by atoms with Gasteiger partial charge in [0.15, 0.2) is 0 Å². The fraction of sp³-hybridized carbons (Fsp3) is 0.520. The third kappa shape index (κ3) is 7.79. The lowest BCUT2D eigenvalue weighted by atomic mass is 10.00. The van der Waals surface area contributed by atoms with Gasteiger partial charge in [0.1, 0.15) is 18.1 Å². The first-order valence-electron chi connectivity index (χ1n) is 12.0. The van der Waals surface area contributed by atoms with Gasteiger partial charge >= 0.3 is 5.97 Å². The Labute approximate surface area is 210 Å². The van der Waals surface area contributed by atoms with Crippen molar-refractivity contribution in [2.45, 2.75) is 64.7 Å². The molecule has 0 spiro atoms. The van der Waals surface area contributed by atoms with Crippen LogP contribution in [0.25, 0.3) is 10.9 Å². The molecule has 36 heavy (non-hydrogen) atoms. The third-order valence-electron chi connectivity index (χ3n) is 5.89. The number of carboxylic acid groups (broad SMARTS) is 1. The maximum atomic E-state index is 12.9. The van der Waals surface area contributed by atoms with E-state index in [-0.39, 0.29) is 24.7 Å². The normalized spacial score (nSPS) is 14.8. The van der Waals surface area contributed by atoms with Gasteiger partial charge in [-0.2, -0.15) is 0 Å². The molecule has 0 aliphatic rings. The number of hydrogen-bond acceptors (Lipinski definition) is 6. The van der Waals surface area contributed by atoms with Crippen LogP contribution < -0.4 is 21.7 Å². The van der Waals surface area contributed by atoms with Gasteiger partial charge in [-0.15, -0.1) is 0 Å². The van der Waals surface area contributed by atoms with Crippen molar-refractivity contribution in [1.82, 2.24) is 20.9 Å². The van der Waals surface area contributed by atoms with Crippen LogP contribution in [0.2, 0.25) is 0 Å². The number of aliphatic hydroxyl groups is 1. The van der Waals surface area contributed by atoms with Crippen molar-refractivity contribution >= 4 is 34.6 Å². The molecular formula is C25H37N5O6. The molecule has 1 heterocycles. The number of carbonyl (C=O) groups excluding carboxylic acids is 3. The van der Waals surface area contributed by atoms with Crippen LogP contribution in [0, 0.1) is 11.8 Å². The van der Waals surface area contributed by atoms with Gasteiger partial charge in [-0.1, -0.05) is 45.9 Å². The van der Waals surface area contributed by atoms with Gasteiger partial charge in [-0.3, -0.25) is 14.4 Å². The van der Waals surface area contributed by atoms with E-state index < -0.39 is 54.5 Å². The van der Waals surface area contributed by atoms with E-state index in [1.54, 1.807) is 20.0 Å². The zero-order valence-corrected chi connectivity index (χ0v) is 21.1. The molecular weight excluding hydrogens is 466 g/mol. The molecule has 1 aromatic carbocycles. The number of aromatic nitrogens is 1. The molecule has 4 atom stereocenters. The lowest BCUT2D eigenvalue weighted by Gasteiger charge is -2.26. The number of benzene rings is 1. The zero-order chi connectivity index (χ0) is 27.0. The van der Waals surface area contributed by atoms with Gasteiger partial charge in [-0.25, -0.2) is 4.79 Å². The molecule has 198 valence electrons. The molecule has 3 amide bonds. The van der Waals surface area contributed by atoms with Gasteiger partial charge in [0.05, 0.1) is 12.6 Å². The third-order valence-corrected chi connectivity index (χ3v) is 5.89. The minimum absolute atomic E-state index is 0.00367. The molecule has 1 aromatic heterocycles. The summed E-state index contributed by atoms with van der Waals surface area (Å²) in [7, 11) is 0. The van der Waals surface area contributed by atoms with Gasteiger partial charge in [-0.05, 0) is 29.9 Å². The van der Waals surface area contributed by atoms with Crippen LogP contribution in [0.1, 0.15) is 39.7 Å². The van der Waals surface area contributed by atoms with Crippen molar-refractivity contribution in [1.29, 1.82) is 0 Å². The van der Waals surface area contributed by atoms with Crippen molar-refractivity contribution in [2.24, 2.45) is 17.6 Å². The van der Waals surface area contributed by atoms with Crippen molar-refractivity contribution in [3.63, 3.8) is 0 Å². The quantitative estimate of drug-likeness (QED) is 0.204. The summed E-state index contributed by atoms with van der Waals surface area (Å²) in [6.07, 6.45) is 1.95. The molecule has 0 fully saturated rings. The molecule has 11 nitrogen and oxygen atoms in total. The van der Waals surface area contributed by atoms with E-state index in [0.29, 0.717) is 5.56 Å². The Hall–Kier alpha value is -3.44. The number of aliphatic hydroxyl groups excluding tert-OH is 1. The molecule has 4 unspecified atom stereocenters. The molecule has 0 saturated heterocycles. The predicted molar refractivity (Wildman–Crippen MR) is 135 cm³/mol. The molecule has 0 aliphatic carbocycles. The first-order valence-corrected chi connectivity index (χ1v) is 12.0. The number of nitrogens with one attached hydrogen (secondary N) is 4. The number of nitrogens with two attached hydrogens (primary N) is 1. The van der Waals surface area contributed by atoms with Crippen LogP contribution in [0.4, 0.5) is 0 Å². The fourth-order valence-electron chi connectivity index (χ4n) is 3.73. The Morgan fingerprint density at radius 3 is 2.08 bits per heavy atom. The summed E-state index contributed by atoms with van der Waals surface area (Å²) in [5.74, 6) is -3.40. The molecule has 0 aliphatic heterocycles. The predicted octanol–water partition coefficient (Wildman–Crippen LogP) is 0.271. The van der Waals surface area contributed by atoms with Gasteiger partial charge in [0, 0.05) is 23.5 Å². The minimum atomic E-state index is -1.41. The lowest BCUT2D eigenvalue weighted by molar-refractivity contribution is -0.142. The van der Waals surface area contributed by atoms with Gasteiger partial charge in [0.25, 0.3) is 0 Å². The average Bonchev–Trinajstić information content (AvgIpc) is 3.23. The Balaban J connectivity index is 2.10. The van der Waals surface area contributed by atoms with E-state index >= 15 is 0 Å². The molecule has 2 aromatic rings. The Kier molecular flexibility index (Phi) is 10.4. The van der Waals surface area contributed by atoms with Crippen LogP contribution in [0.5, 0.6) is 0 Å². The number of aromatic amines is 1. The van der Waals surface area contributed by atoms with Crippen LogP contribution >= 0.6 is 0 Å². The van der Waals surface area contributed by atoms with Crippen molar-refractivity contribution < 1.29 is 29.4 Å². The summed E-state index contributed by atoms with van der Waals surface area (Å²) in [5.41, 5.74) is 7.41. The number of carboxylic acids is 1. The van der Waals surface area contributed by atoms with Gasteiger partial charge in [0.2, 0.25) is 17.7 Å². The van der Waals surface area contributed by atoms with E-state index in [1.807, 2.05) is 38.1 Å². The number of carbonyl (C=O) groups is 4. The number of aliphatic carboxylic acids is 1.